The predicted molar refractivity (Wildman–Crippen MR) is 140 cm³/mol. The Kier molecular flexibility index (Phi) is 8.37. The minimum atomic E-state index is -0.465. The second-order valence-corrected chi connectivity index (χ2v) is 8.85. The van der Waals surface area contributed by atoms with Gasteiger partial charge in [0.2, 0.25) is 0 Å². The molecule has 0 amide bonds. The summed E-state index contributed by atoms with van der Waals surface area (Å²) in [5.41, 5.74) is 8.62. The molecule has 10 heteroatoms. The van der Waals surface area contributed by atoms with E-state index >= 15 is 0 Å². The molecule has 1 fully saturated rings. The van der Waals surface area contributed by atoms with Gasteiger partial charge in [-0.1, -0.05) is 19.1 Å². The lowest BCUT2D eigenvalue weighted by molar-refractivity contribution is -0.138. The molecule has 0 aliphatic carbocycles. The van der Waals surface area contributed by atoms with Gasteiger partial charge in [-0.3, -0.25) is 4.79 Å². The third-order valence-electron chi connectivity index (χ3n) is 6.35. The van der Waals surface area contributed by atoms with Crippen LogP contribution in [0.3, 0.4) is 0 Å². The Bertz CT molecular complexity index is 1290. The highest BCUT2D eigenvalue weighted by molar-refractivity contribution is 5.88. The van der Waals surface area contributed by atoms with Gasteiger partial charge in [-0.2, -0.15) is 9.61 Å². The van der Waals surface area contributed by atoms with E-state index in [1.807, 2.05) is 16.8 Å². The van der Waals surface area contributed by atoms with Crippen molar-refractivity contribution in [1.29, 1.82) is 0 Å². The number of carbonyl (C=O) groups excluding carboxylic acids is 1. The highest BCUT2D eigenvalue weighted by atomic mass is 16.5. The summed E-state index contributed by atoms with van der Waals surface area (Å²) in [7, 11) is 0. The Labute approximate surface area is 210 Å². The summed E-state index contributed by atoms with van der Waals surface area (Å²) in [4.78, 5) is 32.0. The van der Waals surface area contributed by atoms with Gasteiger partial charge in [0.1, 0.15) is 11.6 Å². The maximum absolute atomic E-state index is 12.5. The van der Waals surface area contributed by atoms with Crippen molar-refractivity contribution in [3.8, 4) is 0 Å². The first-order chi connectivity index (χ1) is 17.5. The third-order valence-corrected chi connectivity index (χ3v) is 6.35. The number of aromatic nitrogens is 4. The van der Waals surface area contributed by atoms with Gasteiger partial charge in [0, 0.05) is 50.1 Å². The maximum atomic E-state index is 12.5. The van der Waals surface area contributed by atoms with E-state index in [1.54, 1.807) is 25.3 Å². The van der Waals surface area contributed by atoms with Crippen molar-refractivity contribution in [1.82, 2.24) is 19.2 Å². The van der Waals surface area contributed by atoms with Crippen LogP contribution in [-0.2, 0) is 29.0 Å². The van der Waals surface area contributed by atoms with Crippen molar-refractivity contribution in [3.63, 3.8) is 0 Å². The Morgan fingerprint density at radius 2 is 2.03 bits per heavy atom. The summed E-state index contributed by atoms with van der Waals surface area (Å²) in [5.74, 6) is 1.33. The number of hydrogen-bond acceptors (Lipinski definition) is 8. The van der Waals surface area contributed by atoms with Crippen molar-refractivity contribution in [3.05, 3.63) is 63.7 Å². The first-order valence-electron chi connectivity index (χ1n) is 12.7. The molecule has 4 heterocycles. The highest BCUT2D eigenvalue weighted by Gasteiger charge is 2.17. The van der Waals surface area contributed by atoms with Crippen LogP contribution in [0.4, 0.5) is 11.6 Å². The number of fused-ring (bicyclic) bond motifs is 1. The summed E-state index contributed by atoms with van der Waals surface area (Å²) >= 11 is 0. The third kappa shape index (κ3) is 5.76. The number of rotatable bonds is 10. The molecule has 4 rings (SSSR count). The topological polar surface area (TPSA) is 120 Å². The van der Waals surface area contributed by atoms with E-state index in [9.17, 15) is 9.59 Å². The van der Waals surface area contributed by atoms with Crippen LogP contribution in [0.1, 0.15) is 44.2 Å². The molecular weight excluding hydrogens is 458 g/mol. The van der Waals surface area contributed by atoms with Crippen LogP contribution in [-0.4, -0.2) is 51.4 Å². The van der Waals surface area contributed by atoms with E-state index in [2.05, 4.69) is 22.2 Å². The number of hydrogen-bond donors (Lipinski definition) is 2. The zero-order chi connectivity index (χ0) is 25.5. The van der Waals surface area contributed by atoms with E-state index in [-0.39, 0.29) is 25.3 Å². The molecule has 0 bridgehead atoms. The summed E-state index contributed by atoms with van der Waals surface area (Å²) in [6, 6.07) is 5.34. The lowest BCUT2D eigenvalue weighted by atomic mass is 10.1. The Balaban J connectivity index is 1.58. The molecule has 0 spiro atoms. The number of aryl methyl sites for hydroxylation is 1. The SMILES string of the molecule is CCOC(=O)/C(=C/CN)Cn1cc(CNc2cc(N3CCCCC3)nc3c(CC)cnn23)ccc1=O. The van der Waals surface area contributed by atoms with Crippen molar-refractivity contribution < 1.29 is 9.53 Å². The zero-order valence-electron chi connectivity index (χ0n) is 21.1. The number of piperidine rings is 1. The van der Waals surface area contributed by atoms with Crippen molar-refractivity contribution >= 4 is 23.3 Å². The number of carbonyl (C=O) groups is 1. The van der Waals surface area contributed by atoms with Gasteiger partial charge in [0.25, 0.3) is 5.56 Å². The second kappa shape index (κ2) is 11.9. The van der Waals surface area contributed by atoms with E-state index in [0.717, 1.165) is 47.9 Å². The number of esters is 1. The summed E-state index contributed by atoms with van der Waals surface area (Å²) < 4.78 is 8.45. The number of nitrogens with zero attached hydrogens (tertiary/aromatic N) is 5. The fourth-order valence-corrected chi connectivity index (χ4v) is 4.42. The first-order valence-corrected chi connectivity index (χ1v) is 12.7. The molecule has 0 atom stereocenters. The lowest BCUT2D eigenvalue weighted by Gasteiger charge is -2.28. The molecule has 192 valence electrons. The Morgan fingerprint density at radius 1 is 1.22 bits per heavy atom. The molecule has 10 nitrogen and oxygen atoms in total. The normalized spacial score (nSPS) is 14.3. The number of anilines is 2. The van der Waals surface area contributed by atoms with Gasteiger partial charge in [0.15, 0.2) is 5.65 Å². The standard InChI is InChI=1S/C26H35N7O3/c1-3-20-16-29-33-22(14-23(30-25(20)33)31-12-6-5-7-13-31)28-15-19-8-9-24(34)32(17-19)18-21(10-11-27)26(35)36-4-2/h8-10,14,16-17,28H,3-7,11-13,15,18,27H2,1-2H3/b21-10+. The molecule has 3 N–H and O–H groups in total. The molecule has 0 unspecified atom stereocenters. The quantitative estimate of drug-likeness (QED) is 0.327. The minimum Gasteiger partial charge on any atom is -0.463 e. The molecule has 1 aliphatic rings. The van der Waals surface area contributed by atoms with Gasteiger partial charge in [0.05, 0.1) is 24.9 Å². The van der Waals surface area contributed by atoms with Crippen LogP contribution in [0.2, 0.25) is 0 Å². The summed E-state index contributed by atoms with van der Waals surface area (Å²) in [5, 5.41) is 8.04. The molecule has 3 aromatic heterocycles. The van der Waals surface area contributed by atoms with Crippen molar-refractivity contribution in [2.45, 2.75) is 52.6 Å². The van der Waals surface area contributed by atoms with E-state index in [0.29, 0.717) is 12.1 Å². The fourth-order valence-electron chi connectivity index (χ4n) is 4.42. The molecule has 0 saturated carbocycles. The minimum absolute atomic E-state index is 0.0976. The molecular formula is C26H35N7O3. The second-order valence-electron chi connectivity index (χ2n) is 8.85. The summed E-state index contributed by atoms with van der Waals surface area (Å²) in [6.45, 7) is 6.86. The average molecular weight is 494 g/mol. The van der Waals surface area contributed by atoms with Crippen molar-refractivity contribution in [2.24, 2.45) is 5.73 Å². The largest absolute Gasteiger partial charge is 0.463 e. The van der Waals surface area contributed by atoms with E-state index < -0.39 is 5.97 Å². The smallest absolute Gasteiger partial charge is 0.335 e. The maximum Gasteiger partial charge on any atom is 0.335 e. The van der Waals surface area contributed by atoms with Crippen LogP contribution >= 0.6 is 0 Å². The monoisotopic (exact) mass is 493 g/mol. The molecule has 0 radical (unpaired) electrons. The molecule has 36 heavy (non-hydrogen) atoms. The lowest BCUT2D eigenvalue weighted by Crippen LogP contribution is -2.30. The van der Waals surface area contributed by atoms with Gasteiger partial charge >= 0.3 is 5.97 Å². The van der Waals surface area contributed by atoms with Crippen LogP contribution in [0.25, 0.3) is 5.65 Å². The number of pyridine rings is 1. The fraction of sp³-hybridized carbons (Fsp3) is 0.462. The van der Waals surface area contributed by atoms with Gasteiger partial charge in [-0.25, -0.2) is 9.78 Å². The molecule has 0 aromatic carbocycles. The average Bonchev–Trinajstić information content (AvgIpc) is 3.32. The Hall–Kier alpha value is -3.66. The van der Waals surface area contributed by atoms with Crippen LogP contribution in [0.15, 0.2) is 47.0 Å². The first kappa shape index (κ1) is 25.4. The molecule has 3 aromatic rings. The van der Waals surface area contributed by atoms with Crippen LogP contribution in [0.5, 0.6) is 0 Å². The summed E-state index contributed by atoms with van der Waals surface area (Å²) in [6.07, 6.45) is 9.66. The van der Waals surface area contributed by atoms with Crippen LogP contribution < -0.4 is 21.5 Å². The number of nitrogens with one attached hydrogen (secondary N) is 1. The van der Waals surface area contributed by atoms with E-state index in [4.69, 9.17) is 15.5 Å². The van der Waals surface area contributed by atoms with E-state index in [1.165, 1.54) is 29.9 Å². The van der Waals surface area contributed by atoms with Gasteiger partial charge in [-0.15, -0.1) is 0 Å². The highest BCUT2D eigenvalue weighted by Crippen LogP contribution is 2.24. The van der Waals surface area contributed by atoms with Gasteiger partial charge < -0.3 is 25.3 Å². The Morgan fingerprint density at radius 3 is 2.75 bits per heavy atom. The number of ether oxygens (including phenoxy) is 1. The zero-order valence-corrected chi connectivity index (χ0v) is 21.1. The van der Waals surface area contributed by atoms with Gasteiger partial charge in [-0.05, 0) is 38.2 Å². The number of nitrogens with two attached hydrogens (primary N) is 1. The van der Waals surface area contributed by atoms with Crippen molar-refractivity contribution in [2.75, 3.05) is 36.5 Å². The molecule has 1 saturated heterocycles. The molecule has 1 aliphatic heterocycles. The van der Waals surface area contributed by atoms with Crippen LogP contribution in [0, 0.1) is 0 Å². The predicted octanol–water partition coefficient (Wildman–Crippen LogP) is 2.50.